The monoisotopic (exact) mass is 288 g/mol. The van der Waals surface area contributed by atoms with Crippen LogP contribution in [0.2, 0.25) is 0 Å². The summed E-state index contributed by atoms with van der Waals surface area (Å²) in [5.41, 5.74) is 1.63. The van der Waals surface area contributed by atoms with Crippen LogP contribution >= 0.6 is 0 Å². The van der Waals surface area contributed by atoms with Crippen molar-refractivity contribution >= 4 is 0 Å². The first-order chi connectivity index (χ1) is 10.2. The van der Waals surface area contributed by atoms with Crippen LogP contribution in [-0.4, -0.2) is 0 Å². The first-order valence-corrected chi connectivity index (χ1v) is 10.2. The van der Waals surface area contributed by atoms with Crippen molar-refractivity contribution < 1.29 is 0 Å². The van der Waals surface area contributed by atoms with Gasteiger partial charge >= 0.3 is 0 Å². The lowest BCUT2D eigenvalue weighted by Crippen LogP contribution is -2.60. The van der Waals surface area contributed by atoms with E-state index in [-0.39, 0.29) is 0 Å². The Balaban J connectivity index is 1.69. The smallest absolute Gasteiger partial charge is 0.0156 e. The summed E-state index contributed by atoms with van der Waals surface area (Å²) in [6.45, 7) is 5.07. The van der Waals surface area contributed by atoms with E-state index in [1.807, 2.05) is 0 Å². The Morgan fingerprint density at radius 2 is 1.62 bits per heavy atom. The molecule has 0 heterocycles. The summed E-state index contributed by atoms with van der Waals surface area (Å²) >= 11 is 0. The predicted molar refractivity (Wildman–Crippen MR) is 90.2 cm³/mol. The Morgan fingerprint density at radius 3 is 2.43 bits per heavy atom. The van der Waals surface area contributed by atoms with Crippen LogP contribution in [0, 0.1) is 34.5 Å². The van der Waals surface area contributed by atoms with Crippen molar-refractivity contribution in [2.24, 2.45) is 34.5 Å². The van der Waals surface area contributed by atoms with Crippen LogP contribution in [0.15, 0.2) is 0 Å². The molecule has 4 aliphatic rings. The minimum atomic E-state index is 0.812. The first-order valence-electron chi connectivity index (χ1n) is 10.2. The standard InChI is InChI=1S/C21H36/c1-3-4-7-13-20-14-17-9-8-12-18-10-5-6-11-19(15-20)21(18,20)16(17)2/h16-19H,3-15H2,1-2H3. The van der Waals surface area contributed by atoms with Gasteiger partial charge in [-0.1, -0.05) is 58.8 Å². The minimum absolute atomic E-state index is 0.812. The fourth-order valence-corrected chi connectivity index (χ4v) is 8.30. The molecular formula is C21H36. The highest BCUT2D eigenvalue weighted by Gasteiger charge is 2.73. The molecule has 0 aromatic rings. The summed E-state index contributed by atoms with van der Waals surface area (Å²) in [5.74, 6) is 4.40. The second-order valence-electron chi connectivity index (χ2n) is 9.24. The largest absolute Gasteiger partial charge is 0.0654 e. The predicted octanol–water partition coefficient (Wildman–Crippen LogP) is 6.59. The van der Waals surface area contributed by atoms with Crippen molar-refractivity contribution in [2.45, 2.75) is 97.3 Å². The molecule has 4 fully saturated rings. The molecule has 0 radical (unpaired) electrons. The zero-order valence-electron chi connectivity index (χ0n) is 14.5. The van der Waals surface area contributed by atoms with Crippen molar-refractivity contribution in [3.05, 3.63) is 0 Å². The Bertz CT molecular complexity index is 383. The van der Waals surface area contributed by atoms with Gasteiger partial charge in [0.25, 0.3) is 0 Å². The molecule has 0 aromatic carbocycles. The van der Waals surface area contributed by atoms with Gasteiger partial charge in [0.1, 0.15) is 0 Å². The molecular weight excluding hydrogens is 252 g/mol. The number of fused-ring (bicyclic) bond motifs is 1. The fraction of sp³-hybridized carbons (Fsp3) is 1.00. The van der Waals surface area contributed by atoms with Crippen molar-refractivity contribution in [3.8, 4) is 0 Å². The Hall–Kier alpha value is 0. The zero-order valence-corrected chi connectivity index (χ0v) is 14.5. The molecule has 0 nitrogen and oxygen atoms in total. The fourth-order valence-electron chi connectivity index (χ4n) is 8.30. The maximum atomic E-state index is 2.70. The van der Waals surface area contributed by atoms with Gasteiger partial charge in [-0.05, 0) is 73.0 Å². The Labute approximate surface area is 132 Å². The van der Waals surface area contributed by atoms with Crippen LogP contribution in [0.1, 0.15) is 97.3 Å². The van der Waals surface area contributed by atoms with E-state index in [1.54, 1.807) is 64.2 Å². The lowest BCUT2D eigenvalue weighted by atomic mass is 9.37. The average molecular weight is 289 g/mol. The molecule has 0 amide bonds. The Morgan fingerprint density at radius 1 is 0.857 bits per heavy atom. The third-order valence-corrected chi connectivity index (χ3v) is 8.76. The van der Waals surface area contributed by atoms with Crippen LogP contribution in [0.3, 0.4) is 0 Å². The van der Waals surface area contributed by atoms with Gasteiger partial charge in [0.15, 0.2) is 0 Å². The number of hydrogen-bond donors (Lipinski definition) is 0. The van der Waals surface area contributed by atoms with E-state index in [2.05, 4.69) is 13.8 Å². The second kappa shape index (κ2) is 5.27. The van der Waals surface area contributed by atoms with Gasteiger partial charge in [-0.15, -0.1) is 0 Å². The van der Waals surface area contributed by atoms with Gasteiger partial charge in [0.2, 0.25) is 0 Å². The normalized spacial score (nSPS) is 51.7. The maximum absolute atomic E-state index is 2.70. The molecule has 1 spiro atoms. The highest BCUT2D eigenvalue weighted by molar-refractivity contribution is 5.22. The SMILES string of the molecule is CCCCCC12CC3CCCC4CCCCC(C1)C42C3C. The number of rotatable bonds is 4. The molecule has 6 atom stereocenters. The summed E-state index contributed by atoms with van der Waals surface area (Å²) in [6, 6.07) is 0. The lowest BCUT2D eigenvalue weighted by Gasteiger charge is -2.67. The van der Waals surface area contributed by atoms with Crippen molar-refractivity contribution in [3.63, 3.8) is 0 Å². The van der Waals surface area contributed by atoms with Crippen molar-refractivity contribution in [2.75, 3.05) is 0 Å². The topological polar surface area (TPSA) is 0 Å². The first kappa shape index (κ1) is 14.6. The van der Waals surface area contributed by atoms with Gasteiger partial charge in [0.05, 0.1) is 0 Å². The lowest BCUT2D eigenvalue weighted by molar-refractivity contribution is -0.188. The number of unbranched alkanes of at least 4 members (excludes halogenated alkanes) is 2. The molecule has 0 aromatic heterocycles. The molecule has 4 aliphatic carbocycles. The summed E-state index contributed by atoms with van der Waals surface area (Å²) in [6.07, 6.45) is 20.2. The van der Waals surface area contributed by atoms with Crippen LogP contribution in [-0.2, 0) is 0 Å². The van der Waals surface area contributed by atoms with E-state index in [0.29, 0.717) is 0 Å². The summed E-state index contributed by atoms with van der Waals surface area (Å²) in [4.78, 5) is 0. The van der Waals surface area contributed by atoms with E-state index >= 15 is 0 Å². The summed E-state index contributed by atoms with van der Waals surface area (Å²) < 4.78 is 0. The van der Waals surface area contributed by atoms with Gasteiger partial charge in [0, 0.05) is 0 Å². The van der Waals surface area contributed by atoms with Gasteiger partial charge in [-0.3, -0.25) is 0 Å². The van der Waals surface area contributed by atoms with Gasteiger partial charge < -0.3 is 0 Å². The second-order valence-corrected chi connectivity index (χ2v) is 9.24. The van der Waals surface area contributed by atoms with Gasteiger partial charge in [-0.25, -0.2) is 0 Å². The molecule has 0 aliphatic heterocycles. The quantitative estimate of drug-likeness (QED) is 0.512. The minimum Gasteiger partial charge on any atom is -0.0654 e. The van der Waals surface area contributed by atoms with Crippen LogP contribution < -0.4 is 0 Å². The van der Waals surface area contributed by atoms with Gasteiger partial charge in [-0.2, -0.15) is 0 Å². The average Bonchev–Trinajstić information content (AvgIpc) is 2.59. The van der Waals surface area contributed by atoms with Crippen LogP contribution in [0.5, 0.6) is 0 Å². The summed E-state index contributed by atoms with van der Waals surface area (Å²) in [5, 5.41) is 0. The molecule has 4 rings (SSSR count). The Kier molecular flexibility index (Phi) is 3.66. The molecule has 120 valence electrons. The van der Waals surface area contributed by atoms with E-state index in [0.717, 1.165) is 34.5 Å². The molecule has 0 saturated heterocycles. The van der Waals surface area contributed by atoms with E-state index in [4.69, 9.17) is 0 Å². The summed E-state index contributed by atoms with van der Waals surface area (Å²) in [7, 11) is 0. The third-order valence-electron chi connectivity index (χ3n) is 8.76. The van der Waals surface area contributed by atoms with Crippen LogP contribution in [0.25, 0.3) is 0 Å². The van der Waals surface area contributed by atoms with Crippen molar-refractivity contribution in [1.82, 2.24) is 0 Å². The maximum Gasteiger partial charge on any atom is -0.0156 e. The molecule has 4 saturated carbocycles. The van der Waals surface area contributed by atoms with E-state index < -0.39 is 0 Å². The van der Waals surface area contributed by atoms with E-state index in [9.17, 15) is 0 Å². The molecule has 2 bridgehead atoms. The highest BCUT2D eigenvalue weighted by atomic mass is 14.8. The van der Waals surface area contributed by atoms with Crippen LogP contribution in [0.4, 0.5) is 0 Å². The molecule has 6 unspecified atom stereocenters. The molecule has 21 heavy (non-hydrogen) atoms. The third kappa shape index (κ3) is 1.80. The van der Waals surface area contributed by atoms with Crippen molar-refractivity contribution in [1.29, 1.82) is 0 Å². The molecule has 0 N–H and O–H groups in total. The number of hydrogen-bond acceptors (Lipinski definition) is 0. The van der Waals surface area contributed by atoms with E-state index in [1.165, 1.54) is 19.3 Å². The highest BCUT2D eigenvalue weighted by Crippen LogP contribution is 2.81. The molecule has 0 heteroatoms. The zero-order chi connectivity index (χ0) is 14.5.